The van der Waals surface area contributed by atoms with Gasteiger partial charge in [0.1, 0.15) is 6.17 Å². The van der Waals surface area contributed by atoms with Crippen molar-refractivity contribution in [3.63, 3.8) is 0 Å². The van der Waals surface area contributed by atoms with Gasteiger partial charge in [0.2, 0.25) is 5.91 Å². The van der Waals surface area contributed by atoms with E-state index in [2.05, 4.69) is 33.0 Å². The van der Waals surface area contributed by atoms with Crippen molar-refractivity contribution < 1.29 is 4.79 Å². The topological polar surface area (TPSA) is 70.2 Å². The van der Waals surface area contributed by atoms with Gasteiger partial charge < -0.3 is 15.5 Å². The van der Waals surface area contributed by atoms with Gasteiger partial charge in [-0.05, 0) is 44.5 Å². The lowest BCUT2D eigenvalue weighted by molar-refractivity contribution is -0.122. The van der Waals surface area contributed by atoms with Crippen molar-refractivity contribution in [1.29, 1.82) is 0 Å². The average Bonchev–Trinajstić information content (AvgIpc) is 3.05. The number of nitrogens with one attached hydrogen (secondary N) is 2. The lowest BCUT2D eigenvalue weighted by Crippen LogP contribution is -2.35. The van der Waals surface area contributed by atoms with E-state index in [1.165, 1.54) is 0 Å². The van der Waals surface area contributed by atoms with Gasteiger partial charge in [-0.3, -0.25) is 4.79 Å². The third-order valence-electron chi connectivity index (χ3n) is 4.74. The molecule has 0 saturated heterocycles. The Morgan fingerprint density at radius 2 is 1.96 bits per heavy atom. The number of likely N-dealkylation sites (N-methyl/N-ethyl adjacent to an activating group) is 1. The van der Waals surface area contributed by atoms with Crippen molar-refractivity contribution in [2.45, 2.75) is 32.4 Å². The minimum atomic E-state index is -0.488. The first-order valence-corrected chi connectivity index (χ1v) is 7.82. The lowest BCUT2D eigenvalue weighted by Gasteiger charge is -2.18. The summed E-state index contributed by atoms with van der Waals surface area (Å²) in [6.45, 7) is 6.67. The van der Waals surface area contributed by atoms with Gasteiger partial charge in [-0.15, -0.1) is 0 Å². The number of carbonyl (C=O) groups excluding carboxylic acids is 1. The lowest BCUT2D eigenvalue weighted by atomic mass is 9.86. The fourth-order valence-electron chi connectivity index (χ4n) is 3.41. The Morgan fingerprint density at radius 3 is 2.61 bits per heavy atom. The summed E-state index contributed by atoms with van der Waals surface area (Å²) in [5, 5.41) is 14.7. The van der Waals surface area contributed by atoms with Crippen molar-refractivity contribution in [2.75, 3.05) is 22.1 Å². The molecule has 118 valence electrons. The van der Waals surface area contributed by atoms with Crippen LogP contribution in [0.2, 0.25) is 0 Å². The van der Waals surface area contributed by atoms with Gasteiger partial charge in [0.25, 0.3) is 0 Å². The summed E-state index contributed by atoms with van der Waals surface area (Å²) in [7, 11) is 0. The normalized spacial score (nSPS) is 20.7. The second kappa shape index (κ2) is 4.68. The highest BCUT2D eigenvalue weighted by Gasteiger charge is 2.44. The predicted molar refractivity (Wildman–Crippen MR) is 89.5 cm³/mol. The van der Waals surface area contributed by atoms with Crippen LogP contribution in [0.3, 0.4) is 0 Å². The second-order valence-electron chi connectivity index (χ2n) is 6.49. The SMILES string of the molecule is CCN1C(=O)C(C)(C)c2cc3c(cc21)NC(c1ccnnc1)N3. The number of carbonyl (C=O) groups is 1. The van der Waals surface area contributed by atoms with E-state index in [1.54, 1.807) is 12.4 Å². The molecule has 0 aliphatic carbocycles. The van der Waals surface area contributed by atoms with Crippen LogP contribution in [0.4, 0.5) is 17.1 Å². The molecule has 6 nitrogen and oxygen atoms in total. The monoisotopic (exact) mass is 309 g/mol. The fourth-order valence-corrected chi connectivity index (χ4v) is 3.41. The molecule has 2 aromatic rings. The van der Waals surface area contributed by atoms with Crippen molar-refractivity contribution >= 4 is 23.0 Å². The van der Waals surface area contributed by atoms with Gasteiger partial charge >= 0.3 is 0 Å². The molecule has 2 aliphatic rings. The molecule has 3 heterocycles. The Kier molecular flexibility index (Phi) is 2.85. The van der Waals surface area contributed by atoms with Gasteiger partial charge in [0.15, 0.2) is 0 Å². The molecule has 1 aromatic carbocycles. The van der Waals surface area contributed by atoms with E-state index in [0.29, 0.717) is 6.54 Å². The Hall–Kier alpha value is -2.63. The average molecular weight is 309 g/mol. The summed E-state index contributed by atoms with van der Waals surface area (Å²) < 4.78 is 0. The molecule has 0 bridgehead atoms. The van der Waals surface area contributed by atoms with Gasteiger partial charge in [0, 0.05) is 18.3 Å². The molecule has 1 aromatic heterocycles. The van der Waals surface area contributed by atoms with Crippen LogP contribution >= 0.6 is 0 Å². The third-order valence-corrected chi connectivity index (χ3v) is 4.74. The maximum absolute atomic E-state index is 12.6. The number of benzene rings is 1. The summed E-state index contributed by atoms with van der Waals surface area (Å²) in [5.74, 6) is 0.161. The molecule has 23 heavy (non-hydrogen) atoms. The van der Waals surface area contributed by atoms with Crippen molar-refractivity contribution in [3.8, 4) is 0 Å². The molecule has 2 aliphatic heterocycles. The molecular formula is C17H19N5O. The number of hydrogen-bond donors (Lipinski definition) is 2. The number of aromatic nitrogens is 2. The Morgan fingerprint density at radius 1 is 1.22 bits per heavy atom. The summed E-state index contributed by atoms with van der Waals surface area (Å²) >= 11 is 0. The number of fused-ring (bicyclic) bond motifs is 2. The van der Waals surface area contributed by atoms with E-state index < -0.39 is 5.41 Å². The van der Waals surface area contributed by atoms with Crippen molar-refractivity contribution in [1.82, 2.24) is 10.2 Å². The first-order valence-electron chi connectivity index (χ1n) is 7.82. The number of rotatable bonds is 2. The van der Waals surface area contributed by atoms with Crippen LogP contribution in [-0.2, 0) is 10.2 Å². The second-order valence-corrected chi connectivity index (χ2v) is 6.49. The van der Waals surface area contributed by atoms with Crippen LogP contribution in [0.25, 0.3) is 0 Å². The Bertz CT molecular complexity index is 787. The number of amides is 1. The van der Waals surface area contributed by atoms with Gasteiger partial charge in [-0.2, -0.15) is 10.2 Å². The summed E-state index contributed by atoms with van der Waals surface area (Å²) in [6, 6.07) is 6.10. The zero-order valence-corrected chi connectivity index (χ0v) is 13.4. The van der Waals surface area contributed by atoms with Crippen LogP contribution in [0.5, 0.6) is 0 Å². The largest absolute Gasteiger partial charge is 0.360 e. The number of anilines is 3. The van der Waals surface area contributed by atoms with Gasteiger partial charge in [0.05, 0.1) is 28.7 Å². The molecule has 1 amide bonds. The molecular weight excluding hydrogens is 290 g/mol. The minimum Gasteiger partial charge on any atom is -0.360 e. The van der Waals surface area contributed by atoms with E-state index in [9.17, 15) is 4.79 Å². The maximum atomic E-state index is 12.6. The van der Waals surface area contributed by atoms with Crippen LogP contribution in [0.15, 0.2) is 30.6 Å². The fraction of sp³-hybridized carbons (Fsp3) is 0.353. The number of hydrogen-bond acceptors (Lipinski definition) is 5. The molecule has 4 rings (SSSR count). The molecule has 2 N–H and O–H groups in total. The van der Waals surface area contributed by atoms with Gasteiger partial charge in [-0.1, -0.05) is 0 Å². The third kappa shape index (κ3) is 1.91. The van der Waals surface area contributed by atoms with Crippen molar-refractivity contribution in [3.05, 3.63) is 41.7 Å². The van der Waals surface area contributed by atoms with Crippen molar-refractivity contribution in [2.24, 2.45) is 0 Å². The standard InChI is InChI=1S/C17H19N5O/c1-4-22-14-8-13-12(7-11(14)17(2,3)16(22)23)20-15(21-13)10-5-6-18-19-9-10/h5-9,15,20-21H,4H2,1-3H3. The highest BCUT2D eigenvalue weighted by molar-refractivity contribution is 6.09. The molecule has 0 spiro atoms. The summed E-state index contributed by atoms with van der Waals surface area (Å²) in [5.41, 5.74) is 4.64. The predicted octanol–water partition coefficient (Wildman–Crippen LogP) is 2.66. The highest BCUT2D eigenvalue weighted by Crippen LogP contribution is 2.47. The first-order chi connectivity index (χ1) is 11.0. The van der Waals surface area contributed by atoms with Crippen LogP contribution < -0.4 is 15.5 Å². The quantitative estimate of drug-likeness (QED) is 0.892. The molecule has 0 saturated carbocycles. The minimum absolute atomic E-state index is 0.0306. The van der Waals surface area contributed by atoms with Gasteiger partial charge in [-0.25, -0.2) is 0 Å². The van der Waals surface area contributed by atoms with Crippen LogP contribution in [0.1, 0.15) is 38.1 Å². The van der Waals surface area contributed by atoms with E-state index in [4.69, 9.17) is 0 Å². The van der Waals surface area contributed by atoms with E-state index in [0.717, 1.165) is 28.2 Å². The number of nitrogens with zero attached hydrogens (tertiary/aromatic N) is 3. The van der Waals surface area contributed by atoms with E-state index in [-0.39, 0.29) is 12.1 Å². The molecule has 6 heteroatoms. The van der Waals surface area contributed by atoms with Crippen LogP contribution in [-0.4, -0.2) is 22.6 Å². The molecule has 1 atom stereocenters. The summed E-state index contributed by atoms with van der Waals surface area (Å²) in [6.07, 6.45) is 3.40. The highest BCUT2D eigenvalue weighted by atomic mass is 16.2. The Balaban J connectivity index is 1.75. The zero-order chi connectivity index (χ0) is 16.2. The molecule has 0 radical (unpaired) electrons. The molecule has 0 fully saturated rings. The Labute approximate surface area is 134 Å². The van der Waals surface area contributed by atoms with E-state index in [1.807, 2.05) is 31.7 Å². The summed E-state index contributed by atoms with van der Waals surface area (Å²) in [4.78, 5) is 14.5. The first kappa shape index (κ1) is 14.0. The molecule has 1 unspecified atom stereocenters. The maximum Gasteiger partial charge on any atom is 0.237 e. The smallest absolute Gasteiger partial charge is 0.237 e. The van der Waals surface area contributed by atoms with Crippen LogP contribution in [0, 0.1) is 0 Å². The zero-order valence-electron chi connectivity index (χ0n) is 13.4. The van der Waals surface area contributed by atoms with E-state index >= 15 is 0 Å².